The van der Waals surface area contributed by atoms with Crippen LogP contribution in [0.25, 0.3) is 0 Å². The normalized spacial score (nSPS) is 10.4. The van der Waals surface area contributed by atoms with Crippen molar-refractivity contribution in [2.24, 2.45) is 11.7 Å². The predicted octanol–water partition coefficient (Wildman–Crippen LogP) is 2.45. The molecular weight excluding hydrogens is 320 g/mol. The average Bonchev–Trinajstić information content (AvgIpc) is 2.59. The zero-order valence-electron chi connectivity index (χ0n) is 14.7. The molecule has 134 valence electrons. The van der Waals surface area contributed by atoms with E-state index >= 15 is 0 Å². The Balaban J connectivity index is 2.33. The molecule has 0 fully saturated rings. The number of benzene rings is 2. The summed E-state index contributed by atoms with van der Waals surface area (Å²) in [6.45, 7) is 4.11. The molecule has 0 aliphatic carbocycles. The molecule has 2 aromatic carbocycles. The second-order valence-electron chi connectivity index (χ2n) is 5.77. The van der Waals surface area contributed by atoms with E-state index < -0.39 is 6.03 Å². The van der Waals surface area contributed by atoms with Gasteiger partial charge in [0.05, 0.1) is 5.69 Å². The maximum atomic E-state index is 12.1. The van der Waals surface area contributed by atoms with Gasteiger partial charge in [-0.15, -0.1) is 0 Å². The summed E-state index contributed by atoms with van der Waals surface area (Å²) < 4.78 is 5.90. The standard InChI is InChI=1S/C18H24N4O3/c1-4-13-6-5-7-16(22(20)18(24)21(3)19)15(13)11-25-17-9-8-14(23)10-12(17)2/h5-10,23H,4,11,19-20H2,1-3H3. The summed E-state index contributed by atoms with van der Waals surface area (Å²) in [5.41, 5.74) is 3.20. The number of carbonyl (C=O) groups excluding carboxylic acids is 1. The van der Waals surface area contributed by atoms with E-state index in [0.717, 1.165) is 33.1 Å². The van der Waals surface area contributed by atoms with E-state index in [1.54, 1.807) is 24.3 Å². The molecule has 7 nitrogen and oxygen atoms in total. The van der Waals surface area contributed by atoms with Crippen LogP contribution in [-0.2, 0) is 13.0 Å². The summed E-state index contributed by atoms with van der Waals surface area (Å²) in [5, 5.41) is 11.4. The average molecular weight is 344 g/mol. The number of ether oxygens (including phenoxy) is 1. The Morgan fingerprint density at radius 2 is 1.96 bits per heavy atom. The van der Waals surface area contributed by atoms with Crippen LogP contribution < -0.4 is 21.4 Å². The van der Waals surface area contributed by atoms with Gasteiger partial charge in [0.2, 0.25) is 0 Å². The van der Waals surface area contributed by atoms with Gasteiger partial charge in [0.15, 0.2) is 0 Å². The van der Waals surface area contributed by atoms with Gasteiger partial charge in [0.1, 0.15) is 18.1 Å². The van der Waals surface area contributed by atoms with E-state index in [9.17, 15) is 9.90 Å². The molecule has 0 unspecified atom stereocenters. The lowest BCUT2D eigenvalue weighted by Gasteiger charge is -2.24. The van der Waals surface area contributed by atoms with Gasteiger partial charge in [-0.1, -0.05) is 19.1 Å². The third-order valence-corrected chi connectivity index (χ3v) is 3.93. The molecule has 2 amide bonds. The Morgan fingerprint density at radius 3 is 2.56 bits per heavy atom. The monoisotopic (exact) mass is 344 g/mol. The minimum absolute atomic E-state index is 0.184. The fourth-order valence-electron chi connectivity index (χ4n) is 2.56. The van der Waals surface area contributed by atoms with Gasteiger partial charge in [0.25, 0.3) is 0 Å². The first kappa shape index (κ1) is 18.6. The summed E-state index contributed by atoms with van der Waals surface area (Å²) in [4.78, 5) is 12.1. The van der Waals surface area contributed by atoms with E-state index in [1.165, 1.54) is 7.05 Å². The van der Waals surface area contributed by atoms with Gasteiger partial charge in [-0.25, -0.2) is 21.5 Å². The quantitative estimate of drug-likeness (QED) is 0.439. The molecule has 0 aromatic heterocycles. The third-order valence-electron chi connectivity index (χ3n) is 3.93. The van der Waals surface area contributed by atoms with E-state index in [2.05, 4.69) is 0 Å². The molecule has 0 spiro atoms. The van der Waals surface area contributed by atoms with Crippen molar-refractivity contribution < 1.29 is 14.6 Å². The van der Waals surface area contributed by atoms with Crippen molar-refractivity contribution in [3.8, 4) is 11.5 Å². The lowest BCUT2D eigenvalue weighted by molar-refractivity contribution is 0.216. The zero-order chi connectivity index (χ0) is 18.6. The molecule has 0 aliphatic rings. The number of aromatic hydroxyl groups is 1. The molecule has 0 heterocycles. The fourth-order valence-corrected chi connectivity index (χ4v) is 2.56. The van der Waals surface area contributed by atoms with Crippen molar-refractivity contribution in [1.82, 2.24) is 5.01 Å². The van der Waals surface area contributed by atoms with Crippen molar-refractivity contribution >= 4 is 11.7 Å². The van der Waals surface area contributed by atoms with Crippen LogP contribution >= 0.6 is 0 Å². The number of hydrazine groups is 2. The Kier molecular flexibility index (Phi) is 5.84. The number of carbonyl (C=O) groups is 1. The van der Waals surface area contributed by atoms with Crippen LogP contribution in [0.2, 0.25) is 0 Å². The number of amides is 2. The number of hydrogen-bond donors (Lipinski definition) is 3. The lowest BCUT2D eigenvalue weighted by atomic mass is 10.0. The first-order valence-electron chi connectivity index (χ1n) is 7.95. The van der Waals surface area contributed by atoms with Crippen LogP contribution in [0.5, 0.6) is 11.5 Å². The first-order valence-corrected chi connectivity index (χ1v) is 7.95. The van der Waals surface area contributed by atoms with E-state index in [-0.39, 0.29) is 12.4 Å². The summed E-state index contributed by atoms with van der Waals surface area (Å²) >= 11 is 0. The highest BCUT2D eigenvalue weighted by Gasteiger charge is 2.19. The van der Waals surface area contributed by atoms with Gasteiger partial charge in [-0.2, -0.15) is 0 Å². The smallest absolute Gasteiger partial charge is 0.352 e. The highest BCUT2D eigenvalue weighted by molar-refractivity contribution is 5.91. The van der Waals surface area contributed by atoms with Crippen molar-refractivity contribution in [2.45, 2.75) is 26.9 Å². The van der Waals surface area contributed by atoms with Gasteiger partial charge >= 0.3 is 6.03 Å². The Morgan fingerprint density at radius 1 is 1.24 bits per heavy atom. The molecule has 0 aliphatic heterocycles. The number of urea groups is 1. The maximum Gasteiger partial charge on any atom is 0.352 e. The summed E-state index contributed by atoms with van der Waals surface area (Å²) in [6, 6.07) is 9.93. The van der Waals surface area contributed by atoms with Crippen LogP contribution in [0, 0.1) is 6.92 Å². The first-order chi connectivity index (χ1) is 11.8. The zero-order valence-corrected chi connectivity index (χ0v) is 14.7. The maximum absolute atomic E-state index is 12.1. The summed E-state index contributed by atoms with van der Waals surface area (Å²) in [5.74, 6) is 12.3. The highest BCUT2D eigenvalue weighted by Crippen LogP contribution is 2.28. The molecule has 5 N–H and O–H groups in total. The molecular formula is C18H24N4O3. The van der Waals surface area contributed by atoms with Crippen LogP contribution in [-0.4, -0.2) is 23.2 Å². The number of hydrogen-bond acceptors (Lipinski definition) is 5. The van der Waals surface area contributed by atoms with E-state index in [4.69, 9.17) is 16.4 Å². The Labute approximate surface area is 147 Å². The molecule has 7 heteroatoms. The van der Waals surface area contributed by atoms with Crippen molar-refractivity contribution in [1.29, 1.82) is 0 Å². The molecule has 0 saturated carbocycles. The van der Waals surface area contributed by atoms with E-state index in [0.29, 0.717) is 11.4 Å². The van der Waals surface area contributed by atoms with Crippen LogP contribution in [0.4, 0.5) is 10.5 Å². The number of anilines is 1. The molecule has 0 bridgehead atoms. The molecule has 0 atom stereocenters. The van der Waals surface area contributed by atoms with E-state index in [1.807, 2.05) is 26.0 Å². The van der Waals surface area contributed by atoms with Crippen molar-refractivity contribution in [3.05, 3.63) is 53.1 Å². The number of rotatable bonds is 5. The van der Waals surface area contributed by atoms with Gasteiger partial charge < -0.3 is 9.84 Å². The second kappa shape index (κ2) is 7.87. The number of nitrogens with zero attached hydrogens (tertiary/aromatic N) is 2. The minimum Gasteiger partial charge on any atom is -0.508 e. The van der Waals surface area contributed by atoms with Crippen LogP contribution in [0.1, 0.15) is 23.6 Å². The summed E-state index contributed by atoms with van der Waals surface area (Å²) in [6.07, 6.45) is 0.765. The molecule has 25 heavy (non-hydrogen) atoms. The van der Waals surface area contributed by atoms with Crippen LogP contribution in [0.15, 0.2) is 36.4 Å². The highest BCUT2D eigenvalue weighted by atomic mass is 16.5. The van der Waals surface area contributed by atoms with Crippen molar-refractivity contribution in [2.75, 3.05) is 12.1 Å². The van der Waals surface area contributed by atoms with Gasteiger partial charge in [-0.05, 0) is 48.7 Å². The topological polar surface area (TPSA) is 105 Å². The summed E-state index contributed by atoms with van der Waals surface area (Å²) in [7, 11) is 1.43. The van der Waals surface area contributed by atoms with Gasteiger partial charge in [-0.3, -0.25) is 5.01 Å². The Hall–Kier alpha value is -2.77. The molecule has 2 aromatic rings. The molecule has 2 rings (SSSR count). The number of nitrogens with two attached hydrogens (primary N) is 2. The van der Waals surface area contributed by atoms with Gasteiger partial charge in [0, 0.05) is 12.6 Å². The fraction of sp³-hybridized carbons (Fsp3) is 0.278. The Bertz CT molecular complexity index is 762. The van der Waals surface area contributed by atoms with Crippen LogP contribution in [0.3, 0.4) is 0 Å². The number of phenols is 1. The predicted molar refractivity (Wildman–Crippen MR) is 97.0 cm³/mol. The third kappa shape index (κ3) is 4.20. The minimum atomic E-state index is -0.532. The molecule has 0 radical (unpaired) electrons. The molecule has 0 saturated heterocycles. The number of aryl methyl sites for hydroxylation is 2. The largest absolute Gasteiger partial charge is 0.508 e. The number of phenolic OH excluding ortho intramolecular Hbond substituents is 1. The van der Waals surface area contributed by atoms with Crippen molar-refractivity contribution in [3.63, 3.8) is 0 Å². The lowest BCUT2D eigenvalue weighted by Crippen LogP contribution is -2.49. The second-order valence-corrected chi connectivity index (χ2v) is 5.77. The SMILES string of the molecule is CCc1cccc(N(N)C(=O)N(C)N)c1COc1ccc(O)cc1C.